The summed E-state index contributed by atoms with van der Waals surface area (Å²) in [6.07, 6.45) is 3.76. The van der Waals surface area contributed by atoms with Crippen LogP contribution in [0.1, 0.15) is 17.5 Å². The van der Waals surface area contributed by atoms with Gasteiger partial charge in [-0.25, -0.2) is 9.48 Å². The van der Waals surface area contributed by atoms with Gasteiger partial charge in [-0.05, 0) is 35.9 Å². The van der Waals surface area contributed by atoms with Crippen LogP contribution in [-0.4, -0.2) is 22.4 Å². The molecule has 0 aliphatic heterocycles. The minimum atomic E-state index is -0.431. The van der Waals surface area contributed by atoms with Crippen molar-refractivity contribution < 1.29 is 9.53 Å². The average molecular weight is 345 g/mol. The van der Waals surface area contributed by atoms with Crippen molar-refractivity contribution >= 4 is 6.09 Å². The molecule has 130 valence electrons. The Labute approximate surface area is 152 Å². The van der Waals surface area contributed by atoms with Gasteiger partial charge in [-0.2, -0.15) is 5.10 Å². The molecule has 1 N–H and O–H groups in total. The van der Waals surface area contributed by atoms with Crippen LogP contribution in [-0.2, 0) is 11.3 Å². The fourth-order valence-corrected chi connectivity index (χ4v) is 2.28. The number of amides is 1. The number of alkyl carbamates (subject to hydrolysis) is 1. The largest absolute Gasteiger partial charge is 0.445 e. The maximum absolute atomic E-state index is 11.6. The van der Waals surface area contributed by atoms with E-state index >= 15 is 0 Å². The molecule has 2 aromatic carbocycles. The molecule has 0 atom stereocenters. The first-order valence-corrected chi connectivity index (χ1v) is 8.35. The van der Waals surface area contributed by atoms with Crippen LogP contribution in [0.3, 0.4) is 0 Å². The molecule has 0 saturated heterocycles. The number of rotatable bonds is 5. The third kappa shape index (κ3) is 5.25. The first kappa shape index (κ1) is 17.3. The van der Waals surface area contributed by atoms with Crippen molar-refractivity contribution in [1.29, 1.82) is 0 Å². The van der Waals surface area contributed by atoms with Crippen molar-refractivity contribution in [2.24, 2.45) is 0 Å². The zero-order valence-electron chi connectivity index (χ0n) is 14.3. The fraction of sp³-hybridized carbons (Fsp3) is 0.143. The van der Waals surface area contributed by atoms with Crippen LogP contribution in [0.2, 0.25) is 0 Å². The summed E-state index contributed by atoms with van der Waals surface area (Å²) in [6, 6.07) is 19.3. The lowest BCUT2D eigenvalue weighted by atomic mass is 10.2. The number of benzene rings is 2. The summed E-state index contributed by atoms with van der Waals surface area (Å²) in [7, 11) is 0. The first-order valence-electron chi connectivity index (χ1n) is 8.35. The Bertz CT molecular complexity index is 877. The lowest BCUT2D eigenvalue weighted by Gasteiger charge is -2.05. The second-order valence-electron chi connectivity index (χ2n) is 5.54. The monoisotopic (exact) mass is 345 g/mol. The summed E-state index contributed by atoms with van der Waals surface area (Å²) >= 11 is 0. The molecule has 0 aliphatic carbocycles. The van der Waals surface area contributed by atoms with Crippen molar-refractivity contribution in [2.75, 3.05) is 6.54 Å². The number of hydrogen-bond acceptors (Lipinski definition) is 3. The Hall–Kier alpha value is -3.52. The zero-order chi connectivity index (χ0) is 18.0. The molecule has 3 rings (SSSR count). The van der Waals surface area contributed by atoms with Crippen LogP contribution in [0, 0.1) is 11.8 Å². The standard InChI is InChI=1S/C21H19N3O2/c25-21(26-17-19-8-2-1-3-9-19)22-14-5-4-7-18-10-12-20(13-11-18)24-16-6-15-23-24/h1-3,6,8-13,15-16H,5,14,17H2,(H,22,25). The molecule has 0 spiro atoms. The third-order valence-electron chi connectivity index (χ3n) is 3.60. The molecule has 0 radical (unpaired) electrons. The molecule has 5 heteroatoms. The number of aromatic nitrogens is 2. The maximum Gasteiger partial charge on any atom is 0.407 e. The van der Waals surface area contributed by atoms with E-state index in [1.54, 1.807) is 10.9 Å². The second kappa shape index (κ2) is 9.09. The summed E-state index contributed by atoms with van der Waals surface area (Å²) in [4.78, 5) is 11.6. The van der Waals surface area contributed by atoms with Gasteiger partial charge in [0.25, 0.3) is 0 Å². The van der Waals surface area contributed by atoms with Gasteiger partial charge in [0.05, 0.1) is 5.69 Å². The predicted molar refractivity (Wildman–Crippen MR) is 99.7 cm³/mol. The smallest absolute Gasteiger partial charge is 0.407 e. The highest BCUT2D eigenvalue weighted by Gasteiger charge is 2.00. The Morgan fingerprint density at radius 2 is 1.88 bits per heavy atom. The van der Waals surface area contributed by atoms with Gasteiger partial charge in [0, 0.05) is 30.9 Å². The average Bonchev–Trinajstić information content (AvgIpc) is 3.22. The Balaban J connectivity index is 1.38. The molecule has 0 unspecified atom stereocenters. The van der Waals surface area contributed by atoms with E-state index in [0.717, 1.165) is 16.8 Å². The van der Waals surface area contributed by atoms with E-state index in [9.17, 15) is 4.79 Å². The van der Waals surface area contributed by atoms with E-state index in [1.165, 1.54) is 0 Å². The normalized spacial score (nSPS) is 9.85. The van der Waals surface area contributed by atoms with Gasteiger partial charge < -0.3 is 10.1 Å². The van der Waals surface area contributed by atoms with Crippen LogP contribution in [0.25, 0.3) is 5.69 Å². The Morgan fingerprint density at radius 1 is 1.08 bits per heavy atom. The van der Waals surface area contributed by atoms with Gasteiger partial charge in [0.2, 0.25) is 0 Å². The van der Waals surface area contributed by atoms with E-state index < -0.39 is 6.09 Å². The van der Waals surface area contributed by atoms with Gasteiger partial charge >= 0.3 is 6.09 Å². The lowest BCUT2D eigenvalue weighted by Crippen LogP contribution is -2.24. The van der Waals surface area contributed by atoms with Crippen LogP contribution in [0.4, 0.5) is 4.79 Å². The van der Waals surface area contributed by atoms with Crippen LogP contribution >= 0.6 is 0 Å². The quantitative estimate of drug-likeness (QED) is 0.568. The minimum Gasteiger partial charge on any atom is -0.445 e. The molecule has 0 fully saturated rings. The number of nitrogens with zero attached hydrogens (tertiary/aromatic N) is 2. The number of hydrogen-bond donors (Lipinski definition) is 1. The van der Waals surface area contributed by atoms with Crippen molar-refractivity contribution in [3.05, 3.63) is 84.2 Å². The van der Waals surface area contributed by atoms with E-state index in [2.05, 4.69) is 22.3 Å². The van der Waals surface area contributed by atoms with Crippen molar-refractivity contribution in [2.45, 2.75) is 13.0 Å². The van der Waals surface area contributed by atoms with Gasteiger partial charge in [-0.1, -0.05) is 42.2 Å². The molecule has 1 amide bonds. The van der Waals surface area contributed by atoms with Crippen LogP contribution in [0.15, 0.2) is 73.1 Å². The van der Waals surface area contributed by atoms with Gasteiger partial charge in [0.1, 0.15) is 6.61 Å². The molecule has 1 heterocycles. The summed E-state index contributed by atoms with van der Waals surface area (Å²) in [5.41, 5.74) is 2.87. The summed E-state index contributed by atoms with van der Waals surface area (Å²) < 4.78 is 6.93. The van der Waals surface area contributed by atoms with Crippen LogP contribution < -0.4 is 5.32 Å². The first-order chi connectivity index (χ1) is 12.8. The van der Waals surface area contributed by atoms with Gasteiger partial charge in [-0.3, -0.25) is 0 Å². The van der Waals surface area contributed by atoms with Crippen molar-refractivity contribution in [3.8, 4) is 17.5 Å². The molecule has 0 saturated carbocycles. The summed E-state index contributed by atoms with van der Waals surface area (Å²) in [5, 5.41) is 6.87. The van der Waals surface area contributed by atoms with E-state index in [1.807, 2.05) is 66.9 Å². The fourth-order valence-electron chi connectivity index (χ4n) is 2.28. The van der Waals surface area contributed by atoms with E-state index in [0.29, 0.717) is 13.0 Å². The highest BCUT2D eigenvalue weighted by Crippen LogP contribution is 2.07. The lowest BCUT2D eigenvalue weighted by molar-refractivity contribution is 0.140. The highest BCUT2D eigenvalue weighted by molar-refractivity contribution is 5.67. The van der Waals surface area contributed by atoms with Gasteiger partial charge in [0.15, 0.2) is 0 Å². The molecule has 3 aromatic rings. The Kier molecular flexibility index (Phi) is 6.05. The third-order valence-corrected chi connectivity index (χ3v) is 3.60. The molecule has 1 aromatic heterocycles. The Morgan fingerprint density at radius 3 is 2.62 bits per heavy atom. The highest BCUT2D eigenvalue weighted by atomic mass is 16.5. The molecular weight excluding hydrogens is 326 g/mol. The number of carbonyl (C=O) groups excluding carboxylic acids is 1. The molecule has 5 nitrogen and oxygen atoms in total. The maximum atomic E-state index is 11.6. The van der Waals surface area contributed by atoms with Crippen molar-refractivity contribution in [3.63, 3.8) is 0 Å². The summed E-state index contributed by atoms with van der Waals surface area (Å²) in [6.45, 7) is 0.715. The SMILES string of the molecule is O=C(NCCC#Cc1ccc(-n2cccn2)cc1)OCc1ccccc1. The van der Waals surface area contributed by atoms with E-state index in [4.69, 9.17) is 4.74 Å². The van der Waals surface area contributed by atoms with Crippen LogP contribution in [0.5, 0.6) is 0 Å². The number of carbonyl (C=O) groups is 1. The number of nitrogens with one attached hydrogen (secondary N) is 1. The topological polar surface area (TPSA) is 56.2 Å². The molecule has 0 aliphatic rings. The minimum absolute atomic E-state index is 0.265. The predicted octanol–water partition coefficient (Wildman–Crippen LogP) is 3.54. The molecule has 26 heavy (non-hydrogen) atoms. The number of ether oxygens (including phenoxy) is 1. The molecular formula is C21H19N3O2. The van der Waals surface area contributed by atoms with Gasteiger partial charge in [-0.15, -0.1) is 0 Å². The zero-order valence-corrected chi connectivity index (χ0v) is 14.3. The van der Waals surface area contributed by atoms with Crippen molar-refractivity contribution in [1.82, 2.24) is 15.1 Å². The summed E-state index contributed by atoms with van der Waals surface area (Å²) in [5.74, 6) is 6.12. The molecule has 0 bridgehead atoms. The second-order valence-corrected chi connectivity index (χ2v) is 5.54. The van der Waals surface area contributed by atoms with E-state index in [-0.39, 0.29) is 6.61 Å².